The molecule has 1 aliphatic carbocycles. The summed E-state index contributed by atoms with van der Waals surface area (Å²) < 4.78 is 5.34. The van der Waals surface area contributed by atoms with E-state index in [4.69, 9.17) is 4.74 Å². The molecule has 0 fully saturated rings. The van der Waals surface area contributed by atoms with Gasteiger partial charge in [-0.2, -0.15) is 0 Å². The maximum Gasteiger partial charge on any atom is 0.337 e. The molecule has 1 atom stereocenters. The van der Waals surface area contributed by atoms with Gasteiger partial charge in [-0.1, -0.05) is 74.6 Å². The summed E-state index contributed by atoms with van der Waals surface area (Å²) in [5, 5.41) is 10.5. The molecule has 4 heteroatoms. The van der Waals surface area contributed by atoms with E-state index in [1.165, 1.54) is 11.1 Å². The summed E-state index contributed by atoms with van der Waals surface area (Å²) in [4.78, 5) is 12.4. The summed E-state index contributed by atoms with van der Waals surface area (Å²) in [6.45, 7) is 9.35. The van der Waals surface area contributed by atoms with Crippen molar-refractivity contribution < 1.29 is 14.6 Å². The van der Waals surface area contributed by atoms with Crippen molar-refractivity contribution in [3.63, 3.8) is 0 Å². The highest BCUT2D eigenvalue weighted by atomic mass is 28.3. The third kappa shape index (κ3) is 5.60. The quantitative estimate of drug-likeness (QED) is 0.413. The summed E-state index contributed by atoms with van der Waals surface area (Å²) >= 11 is 0. The third-order valence-corrected chi connectivity index (χ3v) is 5.61. The summed E-state index contributed by atoms with van der Waals surface area (Å²) in [5.41, 5.74) is 5.24. The average molecular weight is 359 g/mol. The molecule has 0 aromatic heterocycles. The first-order valence-corrected chi connectivity index (χ1v) is 12.7. The van der Waals surface area contributed by atoms with Crippen LogP contribution in [0.25, 0.3) is 0 Å². The maximum atomic E-state index is 12.4. The lowest BCUT2D eigenvalue weighted by Crippen LogP contribution is -2.23. The van der Waals surface area contributed by atoms with Crippen molar-refractivity contribution in [2.75, 3.05) is 6.61 Å². The molecule has 1 aromatic rings. The van der Waals surface area contributed by atoms with Crippen LogP contribution in [0.2, 0.25) is 19.6 Å². The van der Waals surface area contributed by atoms with Gasteiger partial charge in [0.25, 0.3) is 0 Å². The standard InChI is InChI=1S/C21H30O3Si/c1-5-6-12-24-21(23)19-13-17(15-25(2,3)4)18(14-20(19)22)16-10-8-7-9-11-16/h7-11,15,18,22H,5-6,12-14H2,1-4H3/b17-15-. The van der Waals surface area contributed by atoms with Crippen molar-refractivity contribution in [2.24, 2.45) is 0 Å². The zero-order valence-electron chi connectivity index (χ0n) is 15.8. The van der Waals surface area contributed by atoms with E-state index in [2.05, 4.69) is 44.4 Å². The van der Waals surface area contributed by atoms with Crippen molar-refractivity contribution >= 4 is 14.0 Å². The molecule has 0 spiro atoms. The van der Waals surface area contributed by atoms with E-state index in [1.807, 2.05) is 18.2 Å². The van der Waals surface area contributed by atoms with Gasteiger partial charge in [0.05, 0.1) is 20.3 Å². The average Bonchev–Trinajstić information content (AvgIpc) is 2.55. The van der Waals surface area contributed by atoms with E-state index in [1.54, 1.807) is 0 Å². The fraction of sp³-hybridized carbons (Fsp3) is 0.476. The predicted octanol–water partition coefficient (Wildman–Crippen LogP) is 5.52. The lowest BCUT2D eigenvalue weighted by atomic mass is 9.80. The van der Waals surface area contributed by atoms with Gasteiger partial charge >= 0.3 is 5.97 Å². The Bertz CT molecular complexity index is 653. The normalized spacial score (nSPS) is 20.0. The van der Waals surface area contributed by atoms with Crippen molar-refractivity contribution in [3.8, 4) is 0 Å². The molecule has 1 N–H and O–H groups in total. The van der Waals surface area contributed by atoms with Crippen LogP contribution in [0.15, 0.2) is 52.9 Å². The first-order valence-electron chi connectivity index (χ1n) is 9.16. The van der Waals surface area contributed by atoms with Crippen LogP contribution in [-0.4, -0.2) is 25.8 Å². The molecule has 1 aromatic carbocycles. The SMILES string of the molecule is CCCCOC(=O)C1=C(O)CC(c2ccccc2)/C(=C\[Si](C)(C)C)C1. The number of ether oxygens (including phenoxy) is 1. The van der Waals surface area contributed by atoms with Gasteiger partial charge < -0.3 is 9.84 Å². The molecular weight excluding hydrogens is 328 g/mol. The molecule has 1 aliphatic rings. The molecule has 0 aliphatic heterocycles. The van der Waals surface area contributed by atoms with E-state index < -0.39 is 8.07 Å². The van der Waals surface area contributed by atoms with Gasteiger partial charge in [0.2, 0.25) is 0 Å². The molecule has 0 bridgehead atoms. The Hall–Kier alpha value is -1.81. The largest absolute Gasteiger partial charge is 0.512 e. The molecule has 0 radical (unpaired) electrons. The topological polar surface area (TPSA) is 46.5 Å². The Balaban J connectivity index is 2.31. The van der Waals surface area contributed by atoms with E-state index in [0.717, 1.165) is 12.8 Å². The molecule has 3 nitrogen and oxygen atoms in total. The maximum absolute atomic E-state index is 12.4. The number of benzene rings is 1. The number of allylic oxidation sites excluding steroid dienone is 2. The molecule has 0 amide bonds. The zero-order chi connectivity index (χ0) is 18.4. The summed E-state index contributed by atoms with van der Waals surface area (Å²) in [5.74, 6) is -0.0397. The molecule has 136 valence electrons. The van der Waals surface area contributed by atoms with Crippen molar-refractivity contribution in [2.45, 2.75) is 58.2 Å². The monoisotopic (exact) mass is 358 g/mol. The van der Waals surface area contributed by atoms with E-state index in [9.17, 15) is 9.90 Å². The Morgan fingerprint density at radius 2 is 1.96 bits per heavy atom. The Morgan fingerprint density at radius 1 is 1.28 bits per heavy atom. The van der Waals surface area contributed by atoms with Crippen LogP contribution in [0, 0.1) is 0 Å². The van der Waals surface area contributed by atoms with Gasteiger partial charge in [0.1, 0.15) is 5.76 Å². The van der Waals surface area contributed by atoms with Crippen molar-refractivity contribution in [1.29, 1.82) is 0 Å². The van der Waals surface area contributed by atoms with Gasteiger partial charge in [-0.05, 0) is 12.0 Å². The van der Waals surface area contributed by atoms with Crippen molar-refractivity contribution in [3.05, 3.63) is 58.5 Å². The van der Waals surface area contributed by atoms with Crippen LogP contribution in [0.5, 0.6) is 0 Å². The van der Waals surface area contributed by atoms with Gasteiger partial charge in [0.15, 0.2) is 0 Å². The fourth-order valence-electron chi connectivity index (χ4n) is 3.19. The van der Waals surface area contributed by atoms with Gasteiger partial charge in [-0.15, -0.1) is 0 Å². The fourth-order valence-corrected chi connectivity index (χ4v) is 4.60. The number of unbranched alkanes of at least 4 members (excludes halogenated alkanes) is 1. The number of esters is 1. The predicted molar refractivity (Wildman–Crippen MR) is 105 cm³/mol. The van der Waals surface area contributed by atoms with Crippen LogP contribution < -0.4 is 0 Å². The Labute approximate surface area is 152 Å². The second-order valence-corrected chi connectivity index (χ2v) is 12.9. The minimum atomic E-state index is -1.46. The number of hydrogen-bond donors (Lipinski definition) is 1. The van der Waals surface area contributed by atoms with Gasteiger partial charge in [-0.25, -0.2) is 4.79 Å². The molecule has 0 saturated carbocycles. The second kappa shape index (κ2) is 8.52. The smallest absolute Gasteiger partial charge is 0.337 e. The third-order valence-electron chi connectivity index (χ3n) is 4.37. The van der Waals surface area contributed by atoms with Crippen LogP contribution >= 0.6 is 0 Å². The highest BCUT2D eigenvalue weighted by Gasteiger charge is 2.31. The molecule has 2 rings (SSSR count). The molecule has 25 heavy (non-hydrogen) atoms. The van der Waals surface area contributed by atoms with Gasteiger partial charge in [0, 0.05) is 18.8 Å². The number of carbonyl (C=O) groups excluding carboxylic acids is 1. The molecular formula is C21H30O3Si. The van der Waals surface area contributed by atoms with Crippen LogP contribution in [0.3, 0.4) is 0 Å². The minimum absolute atomic E-state index is 0.139. The molecule has 0 saturated heterocycles. The van der Waals surface area contributed by atoms with Crippen LogP contribution in [-0.2, 0) is 9.53 Å². The molecule has 1 unspecified atom stereocenters. The highest BCUT2D eigenvalue weighted by molar-refractivity contribution is 6.81. The number of aliphatic hydroxyl groups excluding tert-OH is 1. The Morgan fingerprint density at radius 3 is 2.56 bits per heavy atom. The lowest BCUT2D eigenvalue weighted by molar-refractivity contribution is -0.139. The van der Waals surface area contributed by atoms with E-state index >= 15 is 0 Å². The van der Waals surface area contributed by atoms with Crippen LogP contribution in [0.1, 0.15) is 44.1 Å². The number of rotatable bonds is 6. The number of aliphatic hydroxyl groups is 1. The summed E-state index contributed by atoms with van der Waals surface area (Å²) in [6, 6.07) is 10.2. The summed E-state index contributed by atoms with van der Waals surface area (Å²) in [7, 11) is -1.46. The number of carbonyl (C=O) groups is 1. The second-order valence-electron chi connectivity index (χ2n) is 7.84. The first kappa shape index (κ1) is 19.5. The Kier molecular flexibility index (Phi) is 6.65. The first-order chi connectivity index (χ1) is 11.8. The minimum Gasteiger partial charge on any atom is -0.512 e. The lowest BCUT2D eigenvalue weighted by Gasteiger charge is -2.29. The highest BCUT2D eigenvalue weighted by Crippen LogP contribution is 2.40. The van der Waals surface area contributed by atoms with Gasteiger partial charge in [-0.3, -0.25) is 0 Å². The van der Waals surface area contributed by atoms with Crippen molar-refractivity contribution in [1.82, 2.24) is 0 Å². The number of hydrogen-bond acceptors (Lipinski definition) is 3. The van der Waals surface area contributed by atoms with Crippen LogP contribution in [0.4, 0.5) is 0 Å². The summed E-state index contributed by atoms with van der Waals surface area (Å²) in [6.07, 6.45) is 2.79. The van der Waals surface area contributed by atoms with E-state index in [0.29, 0.717) is 25.0 Å². The molecule has 0 heterocycles. The van der Waals surface area contributed by atoms with E-state index in [-0.39, 0.29) is 17.6 Å². The zero-order valence-corrected chi connectivity index (χ0v) is 16.8.